The van der Waals surface area contributed by atoms with E-state index in [0.29, 0.717) is 50.6 Å². The lowest BCUT2D eigenvalue weighted by atomic mass is 9.76. The van der Waals surface area contributed by atoms with Crippen LogP contribution < -0.4 is 9.64 Å². The fraction of sp³-hybridized carbons (Fsp3) is 0.233. The lowest BCUT2D eigenvalue weighted by molar-refractivity contribution is 0.0224. The van der Waals surface area contributed by atoms with E-state index in [1.807, 2.05) is 42.5 Å². The maximum absolute atomic E-state index is 13.3. The van der Waals surface area contributed by atoms with Crippen LogP contribution in [0.5, 0.6) is 23.3 Å². The van der Waals surface area contributed by atoms with Gasteiger partial charge in [-0.2, -0.15) is 0 Å². The zero-order valence-electron chi connectivity index (χ0n) is 21.2. The molecular formula is C30H28N2O5. The van der Waals surface area contributed by atoms with Gasteiger partial charge in [0.25, 0.3) is 0 Å². The quantitative estimate of drug-likeness (QED) is 0.341. The molecule has 1 atom stereocenters. The molecule has 2 aliphatic heterocycles. The first-order valence-corrected chi connectivity index (χ1v) is 12.5. The second-order valence-corrected chi connectivity index (χ2v) is 9.45. The minimum absolute atomic E-state index is 0.0844. The second-order valence-electron chi connectivity index (χ2n) is 9.45. The Labute approximate surface area is 215 Å². The number of carbonyl (C=O) groups excluding carboxylic acids is 1. The molecule has 7 heteroatoms. The van der Waals surface area contributed by atoms with Gasteiger partial charge in [-0.1, -0.05) is 24.3 Å². The lowest BCUT2D eigenvalue weighted by Crippen LogP contribution is -2.34. The van der Waals surface area contributed by atoms with Crippen LogP contribution in [-0.2, 0) is 10.3 Å². The Kier molecular flexibility index (Phi) is 5.02. The molecule has 0 saturated carbocycles. The normalized spacial score (nSPS) is 17.1. The number of anilines is 1. The van der Waals surface area contributed by atoms with Gasteiger partial charge in [-0.15, -0.1) is 0 Å². The van der Waals surface area contributed by atoms with Gasteiger partial charge in [0.2, 0.25) is 11.8 Å². The molecule has 1 unspecified atom stereocenters. The number of ether oxygens (including phenoxy) is 2. The Morgan fingerprint density at radius 3 is 2.27 bits per heavy atom. The van der Waals surface area contributed by atoms with Crippen LogP contribution in [-0.4, -0.2) is 33.8 Å². The number of aromatic hydroxyl groups is 2. The SMILES string of the molecule is CCN(CC)c1ccc2c(c1)Oc1cccc(-n3c(O)c(C)c(C)c3O)c1C21OC(=O)c2ccccc21. The maximum atomic E-state index is 13.3. The molecule has 6 rings (SSSR count). The van der Waals surface area contributed by atoms with Crippen molar-refractivity contribution in [1.82, 2.24) is 4.57 Å². The second kappa shape index (κ2) is 8.06. The molecule has 0 amide bonds. The summed E-state index contributed by atoms with van der Waals surface area (Å²) < 4.78 is 14.2. The van der Waals surface area contributed by atoms with E-state index in [2.05, 4.69) is 18.7 Å². The summed E-state index contributed by atoms with van der Waals surface area (Å²) in [7, 11) is 0. The van der Waals surface area contributed by atoms with E-state index in [1.54, 1.807) is 32.0 Å². The molecule has 1 spiro atoms. The molecule has 1 aromatic heterocycles. The number of hydrogen-bond acceptors (Lipinski definition) is 6. The number of esters is 1. The summed E-state index contributed by atoms with van der Waals surface area (Å²) in [6, 6.07) is 18.7. The van der Waals surface area contributed by atoms with Crippen LogP contribution >= 0.6 is 0 Å². The molecule has 0 fully saturated rings. The van der Waals surface area contributed by atoms with E-state index in [0.717, 1.165) is 18.8 Å². The molecule has 0 saturated heterocycles. The number of aromatic nitrogens is 1. The van der Waals surface area contributed by atoms with E-state index < -0.39 is 11.6 Å². The van der Waals surface area contributed by atoms with Crippen LogP contribution in [0.25, 0.3) is 5.69 Å². The number of benzene rings is 3. The molecule has 3 heterocycles. The highest BCUT2D eigenvalue weighted by atomic mass is 16.6. The van der Waals surface area contributed by atoms with Crippen molar-refractivity contribution in [3.05, 3.63) is 94.0 Å². The standard InChI is InChI=1S/C30H28N2O5/c1-5-31(6-2)19-14-15-22-25(16-19)36-24-13-9-12-23(32-27(33)17(3)18(4)28(32)34)26(24)30(22)21-11-8-7-10-20(21)29(35)37-30/h7-16,33-34H,5-6H2,1-4H3. The molecule has 0 aliphatic carbocycles. The minimum Gasteiger partial charge on any atom is -0.494 e. The first-order valence-electron chi connectivity index (χ1n) is 12.5. The Hall–Kier alpha value is -4.39. The Morgan fingerprint density at radius 1 is 0.865 bits per heavy atom. The van der Waals surface area contributed by atoms with Crippen molar-refractivity contribution >= 4 is 11.7 Å². The van der Waals surface area contributed by atoms with E-state index in [-0.39, 0.29) is 11.8 Å². The van der Waals surface area contributed by atoms with Gasteiger partial charge in [0.05, 0.1) is 16.8 Å². The molecule has 4 aromatic rings. The van der Waals surface area contributed by atoms with Crippen molar-refractivity contribution in [3.8, 4) is 28.9 Å². The average Bonchev–Trinajstić information content (AvgIpc) is 3.30. The average molecular weight is 497 g/mol. The Bertz CT molecular complexity index is 1560. The molecular weight excluding hydrogens is 468 g/mol. The number of fused-ring (bicyclic) bond motifs is 6. The number of nitrogens with zero attached hydrogens (tertiary/aromatic N) is 2. The summed E-state index contributed by atoms with van der Waals surface area (Å²) in [4.78, 5) is 15.5. The topological polar surface area (TPSA) is 84.2 Å². The van der Waals surface area contributed by atoms with Crippen molar-refractivity contribution in [2.75, 3.05) is 18.0 Å². The molecule has 2 aliphatic rings. The number of hydrogen-bond donors (Lipinski definition) is 2. The summed E-state index contributed by atoms with van der Waals surface area (Å²) in [5, 5.41) is 22.1. The van der Waals surface area contributed by atoms with Crippen LogP contribution in [0, 0.1) is 13.8 Å². The van der Waals surface area contributed by atoms with Gasteiger partial charge in [0, 0.05) is 47.1 Å². The Balaban J connectivity index is 1.71. The van der Waals surface area contributed by atoms with E-state index in [9.17, 15) is 15.0 Å². The predicted molar refractivity (Wildman–Crippen MR) is 140 cm³/mol. The monoisotopic (exact) mass is 496 g/mol. The summed E-state index contributed by atoms with van der Waals surface area (Å²) in [5.74, 6) is 0.462. The van der Waals surface area contributed by atoms with Crippen LogP contribution in [0.15, 0.2) is 60.7 Å². The molecule has 7 nitrogen and oxygen atoms in total. The lowest BCUT2D eigenvalue weighted by Gasteiger charge is -2.38. The van der Waals surface area contributed by atoms with Crippen LogP contribution in [0.3, 0.4) is 0 Å². The van der Waals surface area contributed by atoms with Crippen LogP contribution in [0.4, 0.5) is 5.69 Å². The third-order valence-corrected chi connectivity index (χ3v) is 7.72. The molecule has 0 radical (unpaired) electrons. The summed E-state index contributed by atoms with van der Waals surface area (Å²) in [6.07, 6.45) is 0. The smallest absolute Gasteiger partial charge is 0.340 e. The van der Waals surface area contributed by atoms with Crippen molar-refractivity contribution < 1.29 is 24.5 Å². The van der Waals surface area contributed by atoms with Crippen LogP contribution in [0.2, 0.25) is 0 Å². The van der Waals surface area contributed by atoms with E-state index in [4.69, 9.17) is 9.47 Å². The highest BCUT2D eigenvalue weighted by molar-refractivity contribution is 5.97. The van der Waals surface area contributed by atoms with Crippen molar-refractivity contribution in [3.63, 3.8) is 0 Å². The van der Waals surface area contributed by atoms with Gasteiger partial charge in [-0.25, -0.2) is 4.79 Å². The first-order chi connectivity index (χ1) is 17.8. The van der Waals surface area contributed by atoms with Crippen molar-refractivity contribution in [2.24, 2.45) is 0 Å². The van der Waals surface area contributed by atoms with Gasteiger partial charge in [-0.3, -0.25) is 4.57 Å². The Morgan fingerprint density at radius 2 is 1.57 bits per heavy atom. The molecule has 37 heavy (non-hydrogen) atoms. The summed E-state index contributed by atoms with van der Waals surface area (Å²) >= 11 is 0. The maximum Gasteiger partial charge on any atom is 0.340 e. The zero-order valence-corrected chi connectivity index (χ0v) is 21.2. The first kappa shape index (κ1) is 23.0. The predicted octanol–water partition coefficient (Wildman–Crippen LogP) is 5.92. The number of carbonyl (C=O) groups is 1. The van der Waals surface area contributed by atoms with Gasteiger partial charge in [0.1, 0.15) is 11.5 Å². The van der Waals surface area contributed by atoms with E-state index in [1.165, 1.54) is 4.57 Å². The third-order valence-electron chi connectivity index (χ3n) is 7.72. The molecule has 3 aromatic carbocycles. The summed E-state index contributed by atoms with van der Waals surface area (Å²) in [6.45, 7) is 9.37. The van der Waals surface area contributed by atoms with Crippen molar-refractivity contribution in [2.45, 2.75) is 33.3 Å². The van der Waals surface area contributed by atoms with Gasteiger partial charge < -0.3 is 24.6 Å². The third kappa shape index (κ3) is 2.97. The molecule has 188 valence electrons. The van der Waals surface area contributed by atoms with Gasteiger partial charge in [-0.05, 0) is 58.0 Å². The molecule has 0 bridgehead atoms. The van der Waals surface area contributed by atoms with Gasteiger partial charge >= 0.3 is 5.97 Å². The highest BCUT2D eigenvalue weighted by Gasteiger charge is 2.55. The number of rotatable bonds is 4. The largest absolute Gasteiger partial charge is 0.494 e. The summed E-state index contributed by atoms with van der Waals surface area (Å²) in [5.41, 5.74) is 3.64. The van der Waals surface area contributed by atoms with E-state index >= 15 is 0 Å². The minimum atomic E-state index is -1.33. The van der Waals surface area contributed by atoms with Gasteiger partial charge in [0.15, 0.2) is 5.60 Å². The van der Waals surface area contributed by atoms with Crippen molar-refractivity contribution in [1.29, 1.82) is 0 Å². The zero-order chi connectivity index (χ0) is 26.1. The highest BCUT2D eigenvalue weighted by Crippen LogP contribution is 2.58. The molecule has 2 N–H and O–H groups in total. The van der Waals surface area contributed by atoms with Crippen LogP contribution in [0.1, 0.15) is 52.0 Å². The fourth-order valence-electron chi connectivity index (χ4n) is 5.67. The fourth-order valence-corrected chi connectivity index (χ4v) is 5.67.